The highest BCUT2D eigenvalue weighted by Crippen LogP contribution is 2.32. The van der Waals surface area contributed by atoms with E-state index in [2.05, 4.69) is 27.5 Å². The van der Waals surface area contributed by atoms with Crippen molar-refractivity contribution in [2.24, 2.45) is 0 Å². The smallest absolute Gasteiger partial charge is 0.407 e. The standard InChI is InChI=1S/C16H16FIN2O2/c1-10-9-19(6-7-20(10)16(21)22)15-5-4-14(18)13-8-11(17)2-3-12(13)15/h2-5,8,10H,6-7,9H2,1H3,(H,21,22). The van der Waals surface area contributed by atoms with Crippen LogP contribution < -0.4 is 4.90 Å². The molecule has 1 N–H and O–H groups in total. The van der Waals surface area contributed by atoms with Gasteiger partial charge in [0.2, 0.25) is 0 Å². The largest absolute Gasteiger partial charge is 0.465 e. The van der Waals surface area contributed by atoms with Crippen LogP contribution in [0.2, 0.25) is 0 Å². The molecule has 116 valence electrons. The predicted molar refractivity (Wildman–Crippen MR) is 93.0 cm³/mol. The van der Waals surface area contributed by atoms with Crippen LogP contribution in [0.1, 0.15) is 6.92 Å². The van der Waals surface area contributed by atoms with E-state index in [0.717, 1.165) is 20.0 Å². The lowest BCUT2D eigenvalue weighted by atomic mass is 10.1. The normalized spacial score (nSPS) is 18.8. The number of hydrogen-bond acceptors (Lipinski definition) is 2. The van der Waals surface area contributed by atoms with Crippen LogP contribution in [0.3, 0.4) is 0 Å². The molecule has 1 fully saturated rings. The van der Waals surface area contributed by atoms with Gasteiger partial charge in [0.1, 0.15) is 5.82 Å². The fraction of sp³-hybridized carbons (Fsp3) is 0.312. The van der Waals surface area contributed by atoms with Crippen LogP contribution in [0, 0.1) is 9.39 Å². The molecule has 3 rings (SSSR count). The van der Waals surface area contributed by atoms with Gasteiger partial charge in [-0.2, -0.15) is 0 Å². The lowest BCUT2D eigenvalue weighted by Gasteiger charge is -2.40. The van der Waals surface area contributed by atoms with Gasteiger partial charge in [0.25, 0.3) is 0 Å². The fourth-order valence-electron chi connectivity index (χ4n) is 3.01. The van der Waals surface area contributed by atoms with E-state index in [9.17, 15) is 9.18 Å². The molecule has 2 aromatic carbocycles. The molecule has 1 aliphatic rings. The number of halogens is 2. The van der Waals surface area contributed by atoms with Gasteiger partial charge in [-0.25, -0.2) is 9.18 Å². The highest BCUT2D eigenvalue weighted by molar-refractivity contribution is 14.1. The lowest BCUT2D eigenvalue weighted by molar-refractivity contribution is 0.123. The molecule has 1 aliphatic heterocycles. The molecule has 1 atom stereocenters. The first-order valence-corrected chi connectivity index (χ1v) is 8.17. The molecule has 6 heteroatoms. The number of piperazine rings is 1. The van der Waals surface area contributed by atoms with Crippen molar-refractivity contribution < 1.29 is 14.3 Å². The van der Waals surface area contributed by atoms with Crippen molar-refractivity contribution in [2.75, 3.05) is 24.5 Å². The molecule has 0 radical (unpaired) electrons. The second kappa shape index (κ2) is 5.91. The maximum atomic E-state index is 13.5. The molecule has 1 unspecified atom stereocenters. The van der Waals surface area contributed by atoms with Crippen molar-refractivity contribution in [3.8, 4) is 0 Å². The van der Waals surface area contributed by atoms with E-state index in [1.165, 1.54) is 11.0 Å². The number of carbonyl (C=O) groups is 1. The minimum absolute atomic E-state index is 0.0685. The Labute approximate surface area is 141 Å². The van der Waals surface area contributed by atoms with E-state index in [-0.39, 0.29) is 11.9 Å². The third-order valence-electron chi connectivity index (χ3n) is 4.12. The maximum Gasteiger partial charge on any atom is 0.407 e. The van der Waals surface area contributed by atoms with Crippen LogP contribution in [0.5, 0.6) is 0 Å². The van der Waals surface area contributed by atoms with Crippen molar-refractivity contribution in [3.05, 3.63) is 39.7 Å². The van der Waals surface area contributed by atoms with Gasteiger partial charge in [0, 0.05) is 40.3 Å². The van der Waals surface area contributed by atoms with Crippen LogP contribution >= 0.6 is 22.6 Å². The average Bonchev–Trinajstić information content (AvgIpc) is 2.47. The van der Waals surface area contributed by atoms with Gasteiger partial charge >= 0.3 is 6.09 Å². The minimum atomic E-state index is -0.873. The Morgan fingerprint density at radius 3 is 2.73 bits per heavy atom. The summed E-state index contributed by atoms with van der Waals surface area (Å²) in [6.07, 6.45) is -0.873. The second-order valence-corrected chi connectivity index (χ2v) is 6.69. The maximum absolute atomic E-state index is 13.5. The average molecular weight is 414 g/mol. The lowest BCUT2D eigenvalue weighted by Crippen LogP contribution is -2.53. The zero-order valence-corrected chi connectivity index (χ0v) is 14.2. The molecule has 0 bridgehead atoms. The van der Waals surface area contributed by atoms with Gasteiger partial charge < -0.3 is 14.9 Å². The summed E-state index contributed by atoms with van der Waals surface area (Å²) in [5.74, 6) is -0.244. The number of anilines is 1. The molecule has 1 amide bonds. The van der Waals surface area contributed by atoms with E-state index < -0.39 is 6.09 Å². The van der Waals surface area contributed by atoms with Gasteiger partial charge in [-0.1, -0.05) is 0 Å². The van der Waals surface area contributed by atoms with Crippen LogP contribution in [-0.4, -0.2) is 41.8 Å². The second-order valence-electron chi connectivity index (χ2n) is 5.53. The van der Waals surface area contributed by atoms with Gasteiger partial charge in [-0.05, 0) is 65.2 Å². The number of nitrogens with zero attached hydrogens (tertiary/aromatic N) is 2. The van der Waals surface area contributed by atoms with Gasteiger partial charge in [-0.3, -0.25) is 0 Å². The van der Waals surface area contributed by atoms with E-state index in [1.807, 2.05) is 19.1 Å². The summed E-state index contributed by atoms with van der Waals surface area (Å²) >= 11 is 2.21. The Bertz CT molecular complexity index is 737. The molecule has 0 saturated carbocycles. The fourth-order valence-corrected chi connectivity index (χ4v) is 3.63. The van der Waals surface area contributed by atoms with Gasteiger partial charge in [0.15, 0.2) is 0 Å². The predicted octanol–water partition coefficient (Wildman–Crippen LogP) is 3.77. The van der Waals surface area contributed by atoms with E-state index in [1.54, 1.807) is 12.1 Å². The van der Waals surface area contributed by atoms with Gasteiger partial charge in [-0.15, -0.1) is 0 Å². The number of fused-ring (bicyclic) bond motifs is 1. The van der Waals surface area contributed by atoms with Crippen LogP contribution in [-0.2, 0) is 0 Å². The van der Waals surface area contributed by atoms with E-state index >= 15 is 0 Å². The summed E-state index contributed by atoms with van der Waals surface area (Å²) < 4.78 is 14.5. The number of hydrogen-bond donors (Lipinski definition) is 1. The number of rotatable bonds is 1. The molecule has 0 aliphatic carbocycles. The molecule has 4 nitrogen and oxygen atoms in total. The van der Waals surface area contributed by atoms with Crippen molar-refractivity contribution in [1.29, 1.82) is 0 Å². The zero-order chi connectivity index (χ0) is 15.9. The molecule has 1 saturated heterocycles. The third-order valence-corrected chi connectivity index (χ3v) is 5.06. The highest BCUT2D eigenvalue weighted by Gasteiger charge is 2.27. The molecule has 22 heavy (non-hydrogen) atoms. The zero-order valence-electron chi connectivity index (χ0n) is 12.1. The van der Waals surface area contributed by atoms with Crippen molar-refractivity contribution in [1.82, 2.24) is 4.90 Å². The van der Waals surface area contributed by atoms with E-state index in [0.29, 0.717) is 19.6 Å². The number of benzene rings is 2. The summed E-state index contributed by atoms with van der Waals surface area (Å²) in [6, 6.07) is 8.77. The Morgan fingerprint density at radius 2 is 2.05 bits per heavy atom. The molecule has 0 spiro atoms. The molecule has 1 heterocycles. The summed E-state index contributed by atoms with van der Waals surface area (Å²) in [5, 5.41) is 11.1. The summed E-state index contributed by atoms with van der Waals surface area (Å²) in [6.45, 7) is 3.67. The van der Waals surface area contributed by atoms with E-state index in [4.69, 9.17) is 5.11 Å². The molecular weight excluding hydrogens is 398 g/mol. The Hall–Kier alpha value is -1.57. The topological polar surface area (TPSA) is 43.8 Å². The van der Waals surface area contributed by atoms with Crippen molar-refractivity contribution in [3.63, 3.8) is 0 Å². The minimum Gasteiger partial charge on any atom is -0.465 e. The SMILES string of the molecule is CC1CN(c2ccc(I)c3cc(F)ccc23)CCN1C(=O)O. The van der Waals surface area contributed by atoms with Crippen LogP contribution in [0.25, 0.3) is 10.8 Å². The van der Waals surface area contributed by atoms with Crippen LogP contribution in [0.4, 0.5) is 14.9 Å². The summed E-state index contributed by atoms with van der Waals surface area (Å²) in [7, 11) is 0. The highest BCUT2D eigenvalue weighted by atomic mass is 127. The third kappa shape index (κ3) is 2.71. The Morgan fingerprint density at radius 1 is 1.27 bits per heavy atom. The quantitative estimate of drug-likeness (QED) is 0.723. The monoisotopic (exact) mass is 414 g/mol. The van der Waals surface area contributed by atoms with Crippen molar-refractivity contribution >= 4 is 45.1 Å². The number of carboxylic acid groups (broad SMARTS) is 1. The summed E-state index contributed by atoms with van der Waals surface area (Å²) in [4.78, 5) is 14.8. The molecule has 0 aromatic heterocycles. The first-order valence-electron chi connectivity index (χ1n) is 7.09. The first-order chi connectivity index (χ1) is 10.5. The summed E-state index contributed by atoms with van der Waals surface area (Å²) in [5.41, 5.74) is 1.03. The number of amides is 1. The molecule has 2 aromatic rings. The van der Waals surface area contributed by atoms with Crippen molar-refractivity contribution in [2.45, 2.75) is 13.0 Å². The Balaban J connectivity index is 1.98. The Kier molecular flexibility index (Phi) is 4.12. The van der Waals surface area contributed by atoms with Gasteiger partial charge in [0.05, 0.1) is 0 Å². The van der Waals surface area contributed by atoms with Crippen LogP contribution in [0.15, 0.2) is 30.3 Å². The molecular formula is C16H16FIN2O2. The first kappa shape index (κ1) is 15.3.